The van der Waals surface area contributed by atoms with Gasteiger partial charge in [-0.1, -0.05) is 11.6 Å². The Labute approximate surface area is 91.2 Å². The van der Waals surface area contributed by atoms with Crippen molar-refractivity contribution in [3.8, 4) is 0 Å². The Morgan fingerprint density at radius 2 is 2.07 bits per heavy atom. The molecule has 15 heavy (non-hydrogen) atoms. The lowest BCUT2D eigenvalue weighted by molar-refractivity contribution is -0.385. The van der Waals surface area contributed by atoms with Crippen LogP contribution in [0.1, 0.15) is 11.3 Å². The molecule has 1 rings (SSSR count). The monoisotopic (exact) mass is 231 g/mol. The van der Waals surface area contributed by atoms with E-state index in [4.69, 9.17) is 16.4 Å². The molecule has 0 aliphatic heterocycles. The SMILES string of the molecule is Cc1ncc([N+](=O)[O-])c(C)c1Cl.NC=O. The molecule has 1 aromatic rings. The summed E-state index contributed by atoms with van der Waals surface area (Å²) in [6.45, 7) is 3.31. The van der Waals surface area contributed by atoms with Crippen molar-refractivity contribution < 1.29 is 9.72 Å². The summed E-state index contributed by atoms with van der Waals surface area (Å²) in [7, 11) is 0. The Hall–Kier alpha value is -1.69. The van der Waals surface area contributed by atoms with Crippen molar-refractivity contribution in [1.29, 1.82) is 0 Å². The number of carbonyl (C=O) groups excluding carboxylic acids is 1. The van der Waals surface area contributed by atoms with E-state index in [2.05, 4.69) is 10.7 Å². The normalized spacial score (nSPS) is 8.73. The molecule has 6 nitrogen and oxygen atoms in total. The van der Waals surface area contributed by atoms with Gasteiger partial charge in [-0.3, -0.25) is 19.9 Å². The molecule has 2 N–H and O–H groups in total. The minimum absolute atomic E-state index is 0.0365. The van der Waals surface area contributed by atoms with Gasteiger partial charge in [-0.25, -0.2) is 0 Å². The second-order valence-electron chi connectivity index (χ2n) is 2.56. The molecular formula is C8H10ClN3O3. The topological polar surface area (TPSA) is 99.1 Å². The Balaban J connectivity index is 0.000000583. The molecule has 0 bridgehead atoms. The van der Waals surface area contributed by atoms with E-state index in [1.54, 1.807) is 13.8 Å². The van der Waals surface area contributed by atoms with Gasteiger partial charge in [0.2, 0.25) is 6.41 Å². The Morgan fingerprint density at radius 3 is 2.47 bits per heavy atom. The zero-order chi connectivity index (χ0) is 12.0. The fourth-order valence-corrected chi connectivity index (χ4v) is 1.02. The van der Waals surface area contributed by atoms with Crippen LogP contribution in [0.4, 0.5) is 5.69 Å². The number of carbonyl (C=O) groups is 1. The third-order valence-electron chi connectivity index (χ3n) is 1.61. The van der Waals surface area contributed by atoms with E-state index in [-0.39, 0.29) is 12.1 Å². The summed E-state index contributed by atoms with van der Waals surface area (Å²) in [6.07, 6.45) is 1.47. The molecule has 0 saturated carbocycles. The van der Waals surface area contributed by atoms with Gasteiger partial charge in [-0.05, 0) is 13.8 Å². The first-order valence-corrected chi connectivity index (χ1v) is 4.25. The molecule has 0 aliphatic carbocycles. The van der Waals surface area contributed by atoms with Crippen molar-refractivity contribution in [3.05, 3.63) is 32.6 Å². The van der Waals surface area contributed by atoms with Crippen LogP contribution in [0.5, 0.6) is 0 Å². The van der Waals surface area contributed by atoms with Gasteiger partial charge < -0.3 is 5.73 Å². The van der Waals surface area contributed by atoms with E-state index in [9.17, 15) is 10.1 Å². The third kappa shape index (κ3) is 3.51. The fraction of sp³-hybridized carbons (Fsp3) is 0.250. The van der Waals surface area contributed by atoms with Crippen LogP contribution in [0, 0.1) is 24.0 Å². The van der Waals surface area contributed by atoms with Crippen LogP contribution in [-0.2, 0) is 4.79 Å². The van der Waals surface area contributed by atoms with Crippen LogP contribution in [0.25, 0.3) is 0 Å². The van der Waals surface area contributed by atoms with Gasteiger partial charge in [0.1, 0.15) is 6.20 Å². The highest BCUT2D eigenvalue weighted by atomic mass is 35.5. The van der Waals surface area contributed by atoms with Crippen LogP contribution >= 0.6 is 11.6 Å². The summed E-state index contributed by atoms with van der Waals surface area (Å²) in [5.41, 5.74) is 5.21. The molecule has 0 unspecified atom stereocenters. The molecule has 1 heterocycles. The number of aryl methyl sites for hydroxylation is 1. The van der Waals surface area contributed by atoms with Gasteiger partial charge >= 0.3 is 0 Å². The molecule has 1 aromatic heterocycles. The number of hydrogen-bond acceptors (Lipinski definition) is 4. The number of rotatable bonds is 1. The lowest BCUT2D eigenvalue weighted by atomic mass is 10.2. The average molecular weight is 232 g/mol. The Kier molecular flexibility index (Phi) is 5.25. The smallest absolute Gasteiger partial charge is 0.291 e. The number of aromatic nitrogens is 1. The predicted octanol–water partition coefficient (Wildman–Crippen LogP) is 1.36. The summed E-state index contributed by atoms with van der Waals surface area (Å²) >= 11 is 5.76. The van der Waals surface area contributed by atoms with Gasteiger partial charge in [0.25, 0.3) is 5.69 Å². The van der Waals surface area contributed by atoms with Gasteiger partial charge in [0, 0.05) is 5.56 Å². The lowest BCUT2D eigenvalue weighted by Crippen LogP contribution is -1.95. The highest BCUT2D eigenvalue weighted by molar-refractivity contribution is 6.32. The van der Waals surface area contributed by atoms with Crippen LogP contribution < -0.4 is 5.73 Å². The van der Waals surface area contributed by atoms with E-state index in [1.807, 2.05) is 0 Å². The largest absolute Gasteiger partial charge is 0.372 e. The molecule has 0 saturated heterocycles. The van der Waals surface area contributed by atoms with E-state index in [1.165, 1.54) is 6.20 Å². The Bertz CT molecular complexity index is 382. The molecule has 0 aliphatic rings. The number of nitro groups is 1. The van der Waals surface area contributed by atoms with Crippen LogP contribution in [0.2, 0.25) is 5.02 Å². The third-order valence-corrected chi connectivity index (χ3v) is 2.17. The van der Waals surface area contributed by atoms with Crippen molar-refractivity contribution >= 4 is 23.7 Å². The van der Waals surface area contributed by atoms with Crippen molar-refractivity contribution in [1.82, 2.24) is 4.98 Å². The summed E-state index contributed by atoms with van der Waals surface area (Å²) in [5, 5.41) is 10.8. The fourth-order valence-electron chi connectivity index (χ4n) is 0.879. The first-order valence-electron chi connectivity index (χ1n) is 3.87. The summed E-state index contributed by atoms with van der Waals surface area (Å²) in [5.74, 6) is 0. The van der Waals surface area contributed by atoms with Crippen molar-refractivity contribution in [2.24, 2.45) is 5.73 Å². The van der Waals surface area contributed by atoms with Gasteiger partial charge in [-0.2, -0.15) is 0 Å². The van der Waals surface area contributed by atoms with Crippen LogP contribution in [0.3, 0.4) is 0 Å². The van der Waals surface area contributed by atoms with E-state index < -0.39 is 4.92 Å². The molecule has 7 heteroatoms. The molecular weight excluding hydrogens is 222 g/mol. The van der Waals surface area contributed by atoms with Crippen molar-refractivity contribution in [2.45, 2.75) is 13.8 Å². The van der Waals surface area contributed by atoms with Crippen molar-refractivity contribution in [3.63, 3.8) is 0 Å². The quantitative estimate of drug-likeness (QED) is 0.448. The maximum atomic E-state index is 10.4. The summed E-state index contributed by atoms with van der Waals surface area (Å²) < 4.78 is 0. The molecule has 0 aromatic carbocycles. The van der Waals surface area contributed by atoms with E-state index >= 15 is 0 Å². The second kappa shape index (κ2) is 5.92. The number of nitrogens with zero attached hydrogens (tertiary/aromatic N) is 2. The molecule has 0 fully saturated rings. The number of amides is 1. The standard InChI is InChI=1S/C7H7ClN2O2.CH3NO/c1-4-6(10(11)12)3-9-5(2)7(4)8;2-1-3/h3H,1-2H3;1H,(H2,2,3). The van der Waals surface area contributed by atoms with Gasteiger partial charge in [0.15, 0.2) is 0 Å². The number of pyridine rings is 1. The van der Waals surface area contributed by atoms with E-state index in [0.717, 1.165) is 0 Å². The highest BCUT2D eigenvalue weighted by Gasteiger charge is 2.14. The Morgan fingerprint density at radius 1 is 1.60 bits per heavy atom. The van der Waals surface area contributed by atoms with Crippen LogP contribution in [-0.4, -0.2) is 16.3 Å². The first kappa shape index (κ1) is 13.3. The minimum atomic E-state index is -0.492. The number of primary amides is 1. The van der Waals surface area contributed by atoms with Gasteiger partial charge in [-0.15, -0.1) is 0 Å². The zero-order valence-corrected chi connectivity index (χ0v) is 8.99. The molecule has 0 spiro atoms. The second-order valence-corrected chi connectivity index (χ2v) is 2.94. The zero-order valence-electron chi connectivity index (χ0n) is 8.23. The van der Waals surface area contributed by atoms with Crippen LogP contribution in [0.15, 0.2) is 6.20 Å². The van der Waals surface area contributed by atoms with Crippen molar-refractivity contribution in [2.75, 3.05) is 0 Å². The summed E-state index contributed by atoms with van der Waals surface area (Å²) in [6, 6.07) is 0. The first-order chi connectivity index (χ1) is 6.95. The molecule has 0 radical (unpaired) electrons. The van der Waals surface area contributed by atoms with E-state index in [0.29, 0.717) is 16.3 Å². The minimum Gasteiger partial charge on any atom is -0.372 e. The number of hydrogen-bond donors (Lipinski definition) is 1. The average Bonchev–Trinajstić information content (AvgIpc) is 2.15. The van der Waals surface area contributed by atoms with Gasteiger partial charge in [0.05, 0.1) is 15.6 Å². The highest BCUT2D eigenvalue weighted by Crippen LogP contribution is 2.25. The molecule has 1 amide bonds. The summed E-state index contributed by atoms with van der Waals surface area (Å²) in [4.78, 5) is 22.3. The number of nitrogens with two attached hydrogens (primary N) is 1. The maximum absolute atomic E-state index is 10.4. The predicted molar refractivity (Wildman–Crippen MR) is 55.6 cm³/mol. The maximum Gasteiger partial charge on any atom is 0.291 e. The molecule has 0 atom stereocenters. The lowest BCUT2D eigenvalue weighted by Gasteiger charge is -2.00. The molecule has 82 valence electrons. The number of halogens is 1.